The number of carbonyl (C=O) groups excluding carboxylic acids is 1. The van der Waals surface area contributed by atoms with E-state index >= 15 is 0 Å². The van der Waals surface area contributed by atoms with E-state index in [1.807, 2.05) is 19.1 Å². The van der Waals surface area contributed by atoms with E-state index in [2.05, 4.69) is 15.1 Å². The van der Waals surface area contributed by atoms with Crippen LogP contribution in [0.5, 0.6) is 0 Å². The van der Waals surface area contributed by atoms with Gasteiger partial charge in [-0.2, -0.15) is 5.10 Å². The maximum absolute atomic E-state index is 12.6. The minimum Gasteiger partial charge on any atom is -0.294 e. The fraction of sp³-hybridized carbons (Fsp3) is 0.200. The third-order valence-electron chi connectivity index (χ3n) is 3.41. The molecule has 0 spiro atoms. The lowest BCUT2D eigenvalue weighted by Crippen LogP contribution is -2.06. The second-order valence-corrected chi connectivity index (χ2v) is 5.17. The molecule has 0 aliphatic carbocycles. The summed E-state index contributed by atoms with van der Waals surface area (Å²) in [6.45, 7) is 1.84. The molecule has 0 radical (unpaired) electrons. The van der Waals surface area contributed by atoms with Crippen LogP contribution in [-0.2, 0) is 13.5 Å². The smallest absolute Gasteiger partial charge is 0.169 e. The van der Waals surface area contributed by atoms with Gasteiger partial charge in [0.1, 0.15) is 5.15 Å². The molecular weight excluding hydrogens is 288 g/mol. The Labute approximate surface area is 126 Å². The van der Waals surface area contributed by atoms with Crippen molar-refractivity contribution in [2.45, 2.75) is 13.3 Å². The van der Waals surface area contributed by atoms with Gasteiger partial charge in [-0.1, -0.05) is 17.7 Å². The molecular formula is C15H13ClN4O. The Kier molecular flexibility index (Phi) is 3.43. The Bertz CT molecular complexity index is 836. The molecule has 3 aromatic rings. The number of aryl methyl sites for hydroxylation is 2. The van der Waals surface area contributed by atoms with Crippen molar-refractivity contribution in [3.63, 3.8) is 0 Å². The van der Waals surface area contributed by atoms with E-state index in [-0.39, 0.29) is 12.2 Å². The summed E-state index contributed by atoms with van der Waals surface area (Å²) >= 11 is 6.18. The van der Waals surface area contributed by atoms with Gasteiger partial charge in [0.15, 0.2) is 5.78 Å². The van der Waals surface area contributed by atoms with Gasteiger partial charge in [-0.25, -0.2) is 0 Å². The van der Waals surface area contributed by atoms with Crippen LogP contribution in [0.1, 0.15) is 21.6 Å². The summed E-state index contributed by atoms with van der Waals surface area (Å²) in [4.78, 5) is 21.0. The molecule has 0 N–H and O–H groups in total. The summed E-state index contributed by atoms with van der Waals surface area (Å²) in [7, 11) is 1.76. The van der Waals surface area contributed by atoms with Crippen LogP contribution in [0.2, 0.25) is 5.15 Å². The first-order valence-electron chi connectivity index (χ1n) is 6.49. The van der Waals surface area contributed by atoms with Crippen molar-refractivity contribution in [3.05, 3.63) is 52.6 Å². The second-order valence-electron chi connectivity index (χ2n) is 4.81. The number of carbonyl (C=O) groups is 1. The lowest BCUT2D eigenvalue weighted by molar-refractivity contribution is 0.0994. The van der Waals surface area contributed by atoms with Crippen LogP contribution in [0.25, 0.3) is 11.0 Å². The molecule has 106 valence electrons. The zero-order chi connectivity index (χ0) is 15.0. The molecule has 2 aromatic heterocycles. The molecule has 0 aliphatic heterocycles. The van der Waals surface area contributed by atoms with Crippen LogP contribution in [-0.4, -0.2) is 25.5 Å². The average Bonchev–Trinajstić information content (AvgIpc) is 2.73. The van der Waals surface area contributed by atoms with Gasteiger partial charge in [0, 0.05) is 37.0 Å². The number of fused-ring (bicyclic) bond motifs is 1. The Hall–Kier alpha value is -2.27. The Morgan fingerprint density at radius 1 is 1.29 bits per heavy atom. The van der Waals surface area contributed by atoms with E-state index in [4.69, 9.17) is 11.6 Å². The highest BCUT2D eigenvalue weighted by atomic mass is 35.5. The number of ketones is 1. The van der Waals surface area contributed by atoms with Crippen molar-refractivity contribution in [1.82, 2.24) is 19.7 Å². The van der Waals surface area contributed by atoms with Crippen molar-refractivity contribution >= 4 is 28.4 Å². The number of Topliss-reactive ketones (excluding diaryl/α,β-unsaturated/α-hetero) is 1. The first-order valence-corrected chi connectivity index (χ1v) is 6.86. The van der Waals surface area contributed by atoms with Crippen molar-refractivity contribution < 1.29 is 4.79 Å². The molecule has 2 heterocycles. The highest BCUT2D eigenvalue weighted by Gasteiger charge is 2.18. The van der Waals surface area contributed by atoms with Crippen LogP contribution in [0.15, 0.2) is 30.6 Å². The molecule has 5 nitrogen and oxygen atoms in total. The minimum absolute atomic E-state index is 0.0425. The standard InChI is InChI=1S/C15H13ClN4O/c1-9-11(15(16)20(2)19-9)8-13(21)10-4-3-5-12-14(10)18-7-6-17-12/h3-7H,8H2,1-2H3. The first kappa shape index (κ1) is 13.7. The summed E-state index contributed by atoms with van der Waals surface area (Å²) < 4.78 is 1.57. The lowest BCUT2D eigenvalue weighted by atomic mass is 10.0. The van der Waals surface area contributed by atoms with E-state index in [9.17, 15) is 4.79 Å². The van der Waals surface area contributed by atoms with E-state index in [0.29, 0.717) is 21.7 Å². The summed E-state index contributed by atoms with van der Waals surface area (Å²) in [6, 6.07) is 5.41. The van der Waals surface area contributed by atoms with E-state index in [1.165, 1.54) is 0 Å². The lowest BCUT2D eigenvalue weighted by Gasteiger charge is -2.04. The molecule has 0 saturated carbocycles. The van der Waals surface area contributed by atoms with Crippen LogP contribution < -0.4 is 0 Å². The summed E-state index contributed by atoms with van der Waals surface area (Å²) in [5.41, 5.74) is 3.40. The average molecular weight is 301 g/mol. The molecule has 0 fully saturated rings. The van der Waals surface area contributed by atoms with Crippen molar-refractivity contribution in [2.75, 3.05) is 0 Å². The zero-order valence-electron chi connectivity index (χ0n) is 11.7. The van der Waals surface area contributed by atoms with Crippen molar-refractivity contribution in [3.8, 4) is 0 Å². The third kappa shape index (κ3) is 2.40. The van der Waals surface area contributed by atoms with Gasteiger partial charge in [0.05, 0.1) is 16.7 Å². The summed E-state index contributed by atoms with van der Waals surface area (Å²) in [6.07, 6.45) is 3.40. The van der Waals surface area contributed by atoms with Gasteiger partial charge in [0.2, 0.25) is 0 Å². The van der Waals surface area contributed by atoms with Gasteiger partial charge < -0.3 is 0 Å². The SMILES string of the molecule is Cc1nn(C)c(Cl)c1CC(=O)c1cccc2nccnc12. The number of halogens is 1. The number of para-hydroxylation sites is 1. The van der Waals surface area contributed by atoms with Crippen LogP contribution >= 0.6 is 11.6 Å². The molecule has 1 aromatic carbocycles. The predicted molar refractivity (Wildman–Crippen MR) is 80.5 cm³/mol. The number of rotatable bonds is 3. The molecule has 0 aliphatic rings. The number of benzene rings is 1. The topological polar surface area (TPSA) is 60.7 Å². The van der Waals surface area contributed by atoms with Gasteiger partial charge in [-0.15, -0.1) is 0 Å². The minimum atomic E-state index is -0.0425. The maximum Gasteiger partial charge on any atom is 0.169 e. The molecule has 0 atom stereocenters. The van der Waals surface area contributed by atoms with Crippen LogP contribution in [0.3, 0.4) is 0 Å². The predicted octanol–water partition coefficient (Wildman–Crippen LogP) is 2.75. The largest absolute Gasteiger partial charge is 0.294 e. The molecule has 0 unspecified atom stereocenters. The summed E-state index contributed by atoms with van der Waals surface area (Å²) in [5, 5.41) is 4.72. The Balaban J connectivity index is 2.02. The quantitative estimate of drug-likeness (QED) is 0.698. The fourth-order valence-corrected chi connectivity index (χ4v) is 2.59. The zero-order valence-corrected chi connectivity index (χ0v) is 12.4. The van der Waals surface area contributed by atoms with Crippen molar-refractivity contribution in [2.24, 2.45) is 7.05 Å². The molecule has 6 heteroatoms. The van der Waals surface area contributed by atoms with Crippen LogP contribution in [0, 0.1) is 6.92 Å². The number of hydrogen-bond acceptors (Lipinski definition) is 4. The van der Waals surface area contributed by atoms with E-state index in [1.54, 1.807) is 30.2 Å². The molecule has 0 bridgehead atoms. The van der Waals surface area contributed by atoms with E-state index < -0.39 is 0 Å². The first-order chi connectivity index (χ1) is 10.1. The molecule has 0 saturated heterocycles. The number of aromatic nitrogens is 4. The Morgan fingerprint density at radius 3 is 2.76 bits per heavy atom. The number of hydrogen-bond donors (Lipinski definition) is 0. The Morgan fingerprint density at radius 2 is 2.05 bits per heavy atom. The number of nitrogens with zero attached hydrogens (tertiary/aromatic N) is 4. The maximum atomic E-state index is 12.6. The van der Waals surface area contributed by atoms with Gasteiger partial charge in [0.25, 0.3) is 0 Å². The highest BCUT2D eigenvalue weighted by Crippen LogP contribution is 2.22. The van der Waals surface area contributed by atoms with Gasteiger partial charge in [-0.3, -0.25) is 19.4 Å². The molecule has 0 amide bonds. The fourth-order valence-electron chi connectivity index (χ4n) is 2.35. The normalized spacial score (nSPS) is 11.0. The highest BCUT2D eigenvalue weighted by molar-refractivity contribution is 6.30. The van der Waals surface area contributed by atoms with Crippen molar-refractivity contribution in [1.29, 1.82) is 0 Å². The third-order valence-corrected chi connectivity index (χ3v) is 3.88. The van der Waals surface area contributed by atoms with Gasteiger partial charge >= 0.3 is 0 Å². The molecule has 21 heavy (non-hydrogen) atoms. The monoisotopic (exact) mass is 300 g/mol. The van der Waals surface area contributed by atoms with Gasteiger partial charge in [-0.05, 0) is 19.1 Å². The second kappa shape index (κ2) is 5.26. The molecule has 3 rings (SSSR count). The van der Waals surface area contributed by atoms with E-state index in [0.717, 1.165) is 11.3 Å². The summed E-state index contributed by atoms with van der Waals surface area (Å²) in [5.74, 6) is -0.0425. The van der Waals surface area contributed by atoms with Crippen LogP contribution in [0.4, 0.5) is 0 Å².